The maximum Gasteiger partial charge on any atom is 0.318 e. The molecule has 6 nitrogen and oxygen atoms in total. The second-order valence-corrected chi connectivity index (χ2v) is 7.50. The zero-order valence-corrected chi connectivity index (χ0v) is 16.8. The number of hydrogen-bond acceptors (Lipinski definition) is 4. The lowest BCUT2D eigenvalue weighted by Crippen LogP contribution is -2.45. The number of nitrogens with one attached hydrogen (secondary N) is 1. The van der Waals surface area contributed by atoms with Crippen LogP contribution in [0.2, 0.25) is 0 Å². The van der Waals surface area contributed by atoms with Gasteiger partial charge in [0.15, 0.2) is 0 Å². The van der Waals surface area contributed by atoms with Gasteiger partial charge in [0.2, 0.25) is 0 Å². The van der Waals surface area contributed by atoms with Crippen LogP contribution < -0.4 is 15.0 Å². The summed E-state index contributed by atoms with van der Waals surface area (Å²) in [5.74, 6) is 0.846. The number of carbonyl (C=O) groups is 1. The Balaban J connectivity index is 1.33. The summed E-state index contributed by atoms with van der Waals surface area (Å²) in [5, 5.41) is 3.12. The quantitative estimate of drug-likeness (QED) is 0.816. The van der Waals surface area contributed by atoms with E-state index in [2.05, 4.69) is 22.3 Å². The predicted octanol–water partition coefficient (Wildman–Crippen LogP) is 3.28. The monoisotopic (exact) mass is 395 g/mol. The first-order valence-corrected chi connectivity index (χ1v) is 10.4. The first kappa shape index (κ1) is 19.6. The Labute approximate surface area is 172 Å². The van der Waals surface area contributed by atoms with Crippen LogP contribution in [0, 0.1) is 0 Å². The summed E-state index contributed by atoms with van der Waals surface area (Å²) in [5.41, 5.74) is 2.32. The van der Waals surface area contributed by atoms with Gasteiger partial charge in [-0.15, -0.1) is 0 Å². The number of hydrogen-bond donors (Lipinski definition) is 1. The van der Waals surface area contributed by atoms with Crippen molar-refractivity contribution in [2.75, 3.05) is 44.4 Å². The molecule has 0 bridgehead atoms. The van der Waals surface area contributed by atoms with Gasteiger partial charge in [-0.1, -0.05) is 36.4 Å². The van der Waals surface area contributed by atoms with Crippen molar-refractivity contribution in [3.8, 4) is 5.75 Å². The fourth-order valence-corrected chi connectivity index (χ4v) is 4.03. The van der Waals surface area contributed by atoms with Crippen LogP contribution in [0.25, 0.3) is 0 Å². The molecule has 2 aliphatic heterocycles. The summed E-state index contributed by atoms with van der Waals surface area (Å²) < 4.78 is 11.4. The van der Waals surface area contributed by atoms with Gasteiger partial charge >= 0.3 is 6.03 Å². The molecule has 2 aromatic carbocycles. The third-order valence-corrected chi connectivity index (χ3v) is 5.60. The number of amides is 2. The third-order valence-electron chi connectivity index (χ3n) is 5.60. The second kappa shape index (κ2) is 9.65. The molecule has 0 unspecified atom stereocenters. The van der Waals surface area contributed by atoms with E-state index in [0.717, 1.165) is 57.0 Å². The van der Waals surface area contributed by atoms with Crippen molar-refractivity contribution in [2.45, 2.75) is 25.4 Å². The summed E-state index contributed by atoms with van der Waals surface area (Å²) in [6, 6.07) is 18.2. The van der Waals surface area contributed by atoms with E-state index >= 15 is 0 Å². The standard InChI is InChI=1S/C23H29N3O3/c27-23(26-12-6-8-20(26)18-29-21-9-2-1-3-10-21)24-17-19-7-4-5-11-22(19)25-13-15-28-16-14-25/h1-5,7,9-11,20H,6,8,12-18H2,(H,24,27)/t20-/m0/s1. The van der Waals surface area contributed by atoms with Crippen LogP contribution in [0.15, 0.2) is 54.6 Å². The van der Waals surface area contributed by atoms with E-state index in [1.807, 2.05) is 47.4 Å². The molecule has 2 amide bonds. The molecule has 4 rings (SSSR count). The van der Waals surface area contributed by atoms with Crippen LogP contribution in [0.5, 0.6) is 5.75 Å². The molecule has 154 valence electrons. The Morgan fingerprint density at radius 3 is 2.62 bits per heavy atom. The molecule has 0 saturated carbocycles. The smallest absolute Gasteiger partial charge is 0.318 e. The van der Waals surface area contributed by atoms with Gasteiger partial charge in [-0.2, -0.15) is 0 Å². The summed E-state index contributed by atoms with van der Waals surface area (Å²) in [7, 11) is 0. The number of para-hydroxylation sites is 2. The Hall–Kier alpha value is -2.73. The molecule has 2 aromatic rings. The van der Waals surface area contributed by atoms with Crippen molar-refractivity contribution in [3.63, 3.8) is 0 Å². The van der Waals surface area contributed by atoms with E-state index in [4.69, 9.17) is 9.47 Å². The Bertz CT molecular complexity index is 793. The lowest BCUT2D eigenvalue weighted by Gasteiger charge is -2.31. The molecule has 1 atom stereocenters. The van der Waals surface area contributed by atoms with Crippen molar-refractivity contribution in [3.05, 3.63) is 60.2 Å². The summed E-state index contributed by atoms with van der Waals surface area (Å²) in [4.78, 5) is 17.1. The van der Waals surface area contributed by atoms with Gasteiger partial charge in [0.05, 0.1) is 19.3 Å². The number of urea groups is 1. The number of morpholine rings is 1. The number of benzene rings is 2. The lowest BCUT2D eigenvalue weighted by molar-refractivity contribution is 0.122. The molecule has 2 heterocycles. The predicted molar refractivity (Wildman–Crippen MR) is 113 cm³/mol. The van der Waals surface area contributed by atoms with Crippen molar-refractivity contribution in [1.82, 2.24) is 10.2 Å². The van der Waals surface area contributed by atoms with Crippen molar-refractivity contribution >= 4 is 11.7 Å². The minimum Gasteiger partial charge on any atom is -0.491 e. The molecule has 1 N–H and O–H groups in total. The van der Waals surface area contributed by atoms with Gasteiger partial charge < -0.3 is 24.6 Å². The molecule has 0 aliphatic carbocycles. The van der Waals surface area contributed by atoms with E-state index in [9.17, 15) is 4.79 Å². The van der Waals surface area contributed by atoms with Crippen LogP contribution >= 0.6 is 0 Å². The third kappa shape index (κ3) is 5.01. The SMILES string of the molecule is O=C(NCc1ccccc1N1CCOCC1)N1CCC[C@H]1COc1ccccc1. The number of rotatable bonds is 6. The number of anilines is 1. The molecular formula is C23H29N3O3. The highest BCUT2D eigenvalue weighted by atomic mass is 16.5. The molecule has 6 heteroatoms. The van der Waals surface area contributed by atoms with E-state index in [0.29, 0.717) is 13.2 Å². The average molecular weight is 396 g/mol. The van der Waals surface area contributed by atoms with Crippen molar-refractivity contribution in [1.29, 1.82) is 0 Å². The Morgan fingerprint density at radius 1 is 1.03 bits per heavy atom. The largest absolute Gasteiger partial charge is 0.491 e. The highest BCUT2D eigenvalue weighted by molar-refractivity contribution is 5.75. The summed E-state index contributed by atoms with van der Waals surface area (Å²) >= 11 is 0. The van der Waals surface area contributed by atoms with Gasteiger partial charge in [-0.3, -0.25) is 0 Å². The summed E-state index contributed by atoms with van der Waals surface area (Å²) in [6.07, 6.45) is 1.99. The van der Waals surface area contributed by atoms with E-state index in [-0.39, 0.29) is 12.1 Å². The minimum atomic E-state index is -0.0130. The minimum absolute atomic E-state index is 0.0130. The Kier molecular flexibility index (Phi) is 6.52. The van der Waals surface area contributed by atoms with Crippen molar-refractivity contribution < 1.29 is 14.3 Å². The van der Waals surface area contributed by atoms with E-state index in [1.165, 1.54) is 5.69 Å². The maximum atomic E-state index is 12.9. The fourth-order valence-electron chi connectivity index (χ4n) is 4.03. The van der Waals surface area contributed by atoms with Gasteiger partial charge in [-0.05, 0) is 36.6 Å². The maximum absolute atomic E-state index is 12.9. The molecule has 2 saturated heterocycles. The van der Waals surface area contributed by atoms with Gasteiger partial charge in [-0.25, -0.2) is 4.79 Å². The molecule has 2 fully saturated rings. The molecule has 0 radical (unpaired) electrons. The lowest BCUT2D eigenvalue weighted by atomic mass is 10.1. The molecule has 2 aliphatic rings. The topological polar surface area (TPSA) is 54.0 Å². The molecular weight excluding hydrogens is 366 g/mol. The first-order valence-electron chi connectivity index (χ1n) is 10.4. The molecule has 0 spiro atoms. The van der Waals surface area contributed by atoms with E-state index in [1.54, 1.807) is 0 Å². The normalized spacial score (nSPS) is 19.2. The highest BCUT2D eigenvalue weighted by Crippen LogP contribution is 2.23. The fraction of sp³-hybridized carbons (Fsp3) is 0.435. The number of likely N-dealkylation sites (tertiary alicyclic amines) is 1. The second-order valence-electron chi connectivity index (χ2n) is 7.50. The van der Waals surface area contributed by atoms with Crippen LogP contribution in [-0.4, -0.2) is 56.4 Å². The zero-order valence-electron chi connectivity index (χ0n) is 16.8. The number of ether oxygens (including phenoxy) is 2. The van der Waals surface area contributed by atoms with Crippen LogP contribution in [0.1, 0.15) is 18.4 Å². The molecule has 0 aromatic heterocycles. The van der Waals surface area contributed by atoms with Crippen LogP contribution in [0.3, 0.4) is 0 Å². The average Bonchev–Trinajstić information content (AvgIpc) is 3.26. The van der Waals surface area contributed by atoms with Gasteiger partial charge in [0, 0.05) is 31.9 Å². The summed E-state index contributed by atoms with van der Waals surface area (Å²) in [6.45, 7) is 5.10. The van der Waals surface area contributed by atoms with Gasteiger partial charge in [0.25, 0.3) is 0 Å². The first-order chi connectivity index (χ1) is 14.3. The Morgan fingerprint density at radius 2 is 1.79 bits per heavy atom. The molecule has 29 heavy (non-hydrogen) atoms. The van der Waals surface area contributed by atoms with Crippen LogP contribution in [0.4, 0.5) is 10.5 Å². The van der Waals surface area contributed by atoms with E-state index < -0.39 is 0 Å². The zero-order chi connectivity index (χ0) is 19.9. The van der Waals surface area contributed by atoms with Crippen molar-refractivity contribution in [2.24, 2.45) is 0 Å². The number of nitrogens with zero attached hydrogens (tertiary/aromatic N) is 2. The van der Waals surface area contributed by atoms with Gasteiger partial charge in [0.1, 0.15) is 12.4 Å². The van der Waals surface area contributed by atoms with Crippen LogP contribution in [-0.2, 0) is 11.3 Å². The number of carbonyl (C=O) groups excluding carboxylic acids is 1. The highest BCUT2D eigenvalue weighted by Gasteiger charge is 2.29.